The Morgan fingerprint density at radius 3 is 2.37 bits per heavy atom. The topological polar surface area (TPSA) is 50.2 Å². The predicted molar refractivity (Wildman–Crippen MR) is 103 cm³/mol. The molecule has 5 aliphatic carbocycles. The fourth-order valence-electron chi connectivity index (χ4n) is 7.72. The predicted octanol–water partition coefficient (Wildman–Crippen LogP) is 2.67. The molecular weight excluding hydrogens is 336 g/mol. The Kier molecular flexibility index (Phi) is 3.57. The molecule has 3 atom stereocenters. The Morgan fingerprint density at radius 2 is 1.78 bits per heavy atom. The number of amides is 1. The highest BCUT2D eigenvalue weighted by Crippen LogP contribution is 2.57. The molecule has 5 saturated carbocycles. The highest BCUT2D eigenvalue weighted by Gasteiger charge is 2.61. The van der Waals surface area contributed by atoms with Crippen LogP contribution in [0.25, 0.3) is 0 Å². The highest BCUT2D eigenvalue weighted by atomic mass is 16.2. The molecule has 5 nitrogen and oxygen atoms in total. The van der Waals surface area contributed by atoms with Gasteiger partial charge in [0.05, 0.1) is 6.54 Å². The van der Waals surface area contributed by atoms with Crippen molar-refractivity contribution in [3.05, 3.63) is 18.2 Å². The van der Waals surface area contributed by atoms with E-state index in [0.29, 0.717) is 23.7 Å². The maximum absolute atomic E-state index is 13.1. The van der Waals surface area contributed by atoms with Gasteiger partial charge in [-0.25, -0.2) is 4.98 Å². The molecule has 6 aliphatic rings. The van der Waals surface area contributed by atoms with Crippen molar-refractivity contribution in [2.45, 2.75) is 64.1 Å². The summed E-state index contributed by atoms with van der Waals surface area (Å²) >= 11 is 0. The normalized spacial score (nSPS) is 44.5. The van der Waals surface area contributed by atoms with Crippen LogP contribution in [-0.4, -0.2) is 39.0 Å². The van der Waals surface area contributed by atoms with Gasteiger partial charge in [-0.3, -0.25) is 9.69 Å². The lowest BCUT2D eigenvalue weighted by atomic mass is 9.53. The molecule has 1 aliphatic heterocycles. The molecule has 0 radical (unpaired) electrons. The molecule has 1 unspecified atom stereocenters. The van der Waals surface area contributed by atoms with E-state index < -0.39 is 0 Å². The number of hydrogen-bond donors (Lipinski definition) is 1. The first kappa shape index (κ1) is 16.6. The van der Waals surface area contributed by atoms with E-state index in [1.807, 2.05) is 6.20 Å². The van der Waals surface area contributed by atoms with Gasteiger partial charge in [0.25, 0.3) is 0 Å². The summed E-state index contributed by atoms with van der Waals surface area (Å²) < 4.78 is 2.22. The van der Waals surface area contributed by atoms with Crippen molar-refractivity contribution in [3.8, 4) is 0 Å². The minimum Gasteiger partial charge on any atom is -0.350 e. The van der Waals surface area contributed by atoms with Gasteiger partial charge in [0.1, 0.15) is 5.82 Å². The van der Waals surface area contributed by atoms with Crippen molar-refractivity contribution in [1.29, 1.82) is 0 Å². The molecular formula is C22H32N4O. The lowest BCUT2D eigenvalue weighted by molar-refractivity contribution is -0.129. The fraction of sp³-hybridized carbons (Fsp3) is 0.818. The monoisotopic (exact) mass is 368 g/mol. The van der Waals surface area contributed by atoms with Crippen LogP contribution < -0.4 is 5.32 Å². The third kappa shape index (κ3) is 2.68. The van der Waals surface area contributed by atoms with Gasteiger partial charge in [0.2, 0.25) is 5.91 Å². The quantitative estimate of drug-likeness (QED) is 0.869. The molecule has 7 rings (SSSR count). The SMILES string of the molecule is CCn1ccnc1CN1C[C@@H]2C(C(=O)NC34CC5CC(CC(C5)C3)C4)[C@@H]2C1. The fourth-order valence-corrected chi connectivity index (χ4v) is 7.72. The van der Waals surface area contributed by atoms with Crippen LogP contribution in [0.1, 0.15) is 51.3 Å². The summed E-state index contributed by atoms with van der Waals surface area (Å²) in [5.41, 5.74) is 0.175. The Hall–Kier alpha value is -1.36. The minimum atomic E-state index is 0.175. The zero-order chi connectivity index (χ0) is 18.2. The van der Waals surface area contributed by atoms with Gasteiger partial charge in [0, 0.05) is 43.5 Å². The van der Waals surface area contributed by atoms with E-state index >= 15 is 0 Å². The first-order valence-corrected chi connectivity index (χ1v) is 11.2. The Bertz CT molecular complexity index is 708. The second kappa shape index (κ2) is 5.82. The van der Waals surface area contributed by atoms with E-state index in [1.54, 1.807) is 0 Å². The number of imidazole rings is 1. The second-order valence-electron chi connectivity index (χ2n) is 10.4. The van der Waals surface area contributed by atoms with Crippen molar-refractivity contribution in [2.75, 3.05) is 13.1 Å². The largest absolute Gasteiger partial charge is 0.350 e. The molecule has 6 fully saturated rings. The van der Waals surface area contributed by atoms with Crippen molar-refractivity contribution in [2.24, 2.45) is 35.5 Å². The third-order valence-electron chi connectivity index (χ3n) is 8.51. The van der Waals surface area contributed by atoms with Gasteiger partial charge in [-0.05, 0) is 75.0 Å². The number of piperidine rings is 1. The lowest BCUT2D eigenvalue weighted by Gasteiger charge is -2.57. The van der Waals surface area contributed by atoms with Gasteiger partial charge in [-0.2, -0.15) is 0 Å². The van der Waals surface area contributed by atoms with E-state index in [1.165, 1.54) is 38.5 Å². The maximum Gasteiger partial charge on any atom is 0.224 e. The number of nitrogens with one attached hydrogen (secondary N) is 1. The van der Waals surface area contributed by atoms with E-state index in [0.717, 1.165) is 49.8 Å². The van der Waals surface area contributed by atoms with Crippen LogP contribution in [0, 0.1) is 35.5 Å². The standard InChI is InChI=1S/C22H32N4O/c1-2-26-4-3-23-19(26)13-25-11-17-18(12-25)20(17)21(27)24-22-8-14-5-15(9-22)7-16(6-14)10-22/h3-4,14-18,20H,2,5-13H2,1H3,(H,24,27)/t14?,15?,16?,17-,18+,20?,22?. The van der Waals surface area contributed by atoms with E-state index in [4.69, 9.17) is 0 Å². The average molecular weight is 369 g/mol. The number of carbonyl (C=O) groups excluding carboxylic acids is 1. The van der Waals surface area contributed by atoms with Crippen molar-refractivity contribution in [1.82, 2.24) is 19.8 Å². The summed E-state index contributed by atoms with van der Waals surface area (Å²) in [4.78, 5) is 20.1. The number of likely N-dealkylation sites (tertiary alicyclic amines) is 1. The molecule has 1 saturated heterocycles. The number of rotatable bonds is 5. The van der Waals surface area contributed by atoms with Gasteiger partial charge in [-0.1, -0.05) is 0 Å². The molecule has 27 heavy (non-hydrogen) atoms. The first-order chi connectivity index (χ1) is 13.1. The van der Waals surface area contributed by atoms with Gasteiger partial charge in [-0.15, -0.1) is 0 Å². The molecule has 146 valence electrons. The van der Waals surface area contributed by atoms with Crippen LogP contribution in [-0.2, 0) is 17.9 Å². The number of aromatic nitrogens is 2. The second-order valence-corrected chi connectivity index (χ2v) is 10.4. The minimum absolute atomic E-state index is 0.175. The van der Waals surface area contributed by atoms with E-state index in [-0.39, 0.29) is 5.54 Å². The summed E-state index contributed by atoms with van der Waals surface area (Å²) in [6.45, 7) is 6.21. The zero-order valence-electron chi connectivity index (χ0n) is 16.4. The summed E-state index contributed by atoms with van der Waals surface area (Å²) in [6.07, 6.45) is 12.1. The molecule has 1 aromatic rings. The van der Waals surface area contributed by atoms with Crippen LogP contribution in [0.2, 0.25) is 0 Å². The number of aryl methyl sites for hydroxylation is 1. The van der Waals surface area contributed by atoms with Gasteiger partial charge < -0.3 is 9.88 Å². The van der Waals surface area contributed by atoms with E-state index in [9.17, 15) is 4.79 Å². The molecule has 0 aromatic carbocycles. The molecule has 1 amide bonds. The lowest BCUT2D eigenvalue weighted by Crippen LogP contribution is -2.60. The van der Waals surface area contributed by atoms with Crippen molar-refractivity contribution >= 4 is 5.91 Å². The van der Waals surface area contributed by atoms with Crippen LogP contribution >= 0.6 is 0 Å². The molecule has 2 heterocycles. The van der Waals surface area contributed by atoms with Crippen molar-refractivity contribution < 1.29 is 4.79 Å². The summed E-state index contributed by atoms with van der Waals surface area (Å²) in [5, 5.41) is 3.62. The molecule has 4 bridgehead atoms. The van der Waals surface area contributed by atoms with Gasteiger partial charge >= 0.3 is 0 Å². The summed E-state index contributed by atoms with van der Waals surface area (Å²) in [6, 6.07) is 0. The summed E-state index contributed by atoms with van der Waals surface area (Å²) in [7, 11) is 0. The van der Waals surface area contributed by atoms with Gasteiger partial charge in [0.15, 0.2) is 0 Å². The number of nitrogens with zero attached hydrogens (tertiary/aromatic N) is 3. The maximum atomic E-state index is 13.1. The molecule has 5 heteroatoms. The summed E-state index contributed by atoms with van der Waals surface area (Å²) in [5.74, 6) is 5.71. The van der Waals surface area contributed by atoms with E-state index in [2.05, 4.69) is 32.9 Å². The average Bonchev–Trinajstić information content (AvgIpc) is 2.93. The van der Waals surface area contributed by atoms with Crippen LogP contribution in [0.5, 0.6) is 0 Å². The first-order valence-electron chi connectivity index (χ1n) is 11.2. The molecule has 1 N–H and O–H groups in total. The smallest absolute Gasteiger partial charge is 0.224 e. The number of hydrogen-bond acceptors (Lipinski definition) is 3. The van der Waals surface area contributed by atoms with Crippen LogP contribution in [0.4, 0.5) is 0 Å². The van der Waals surface area contributed by atoms with Crippen LogP contribution in [0.3, 0.4) is 0 Å². The zero-order valence-corrected chi connectivity index (χ0v) is 16.4. The Balaban J connectivity index is 1.06. The molecule has 0 spiro atoms. The van der Waals surface area contributed by atoms with Crippen LogP contribution in [0.15, 0.2) is 12.4 Å². The van der Waals surface area contributed by atoms with Crippen molar-refractivity contribution in [3.63, 3.8) is 0 Å². The number of fused-ring (bicyclic) bond motifs is 1. The Labute approximate surface area is 161 Å². The number of carbonyl (C=O) groups is 1. The Morgan fingerprint density at radius 1 is 1.15 bits per heavy atom. The third-order valence-corrected chi connectivity index (χ3v) is 8.51. The molecule has 1 aromatic heterocycles. The highest BCUT2D eigenvalue weighted by molar-refractivity contribution is 5.83.